The molecule has 0 aliphatic carbocycles. The van der Waals surface area contributed by atoms with Crippen LogP contribution >= 0.6 is 0 Å². The molecule has 0 unspecified atom stereocenters. The molecular weight excluding hydrogens is 452 g/mol. The lowest BCUT2D eigenvalue weighted by Gasteiger charge is -2.03. The summed E-state index contributed by atoms with van der Waals surface area (Å²) >= 11 is 0. The maximum absolute atomic E-state index is 11.2. The number of anilines is 2. The molecule has 2 heterocycles. The van der Waals surface area contributed by atoms with E-state index in [0.29, 0.717) is 0 Å². The number of hydrogen-bond acceptors (Lipinski definition) is 4. The molecule has 5 rings (SSSR count). The van der Waals surface area contributed by atoms with Crippen molar-refractivity contribution >= 4 is 23.2 Å². The topological polar surface area (TPSA) is 116 Å². The highest BCUT2D eigenvalue weighted by Crippen LogP contribution is 2.29. The number of carbonyl (C=O) groups excluding carboxylic acids is 2. The highest BCUT2D eigenvalue weighted by molar-refractivity contribution is 5.89. The number of amides is 2. The molecule has 4 N–H and O–H groups in total. The van der Waals surface area contributed by atoms with E-state index in [1.807, 2.05) is 78.9 Å². The highest BCUT2D eigenvalue weighted by atomic mass is 16.2. The first-order valence-electron chi connectivity index (χ1n) is 11.4. The van der Waals surface area contributed by atoms with Crippen LogP contribution in [0, 0.1) is 0 Å². The maximum atomic E-state index is 11.2. The standard InChI is InChI=1S/C28H24N6O2/c1-17(35)29-23-10-6-19(7-11-23)25-15-27(33-31-25)21-4-3-5-22(14-21)28-16-26(32-34-28)20-8-12-24(13-9-20)30-18(2)36/h3-16H,1-2H3,(H,29,35)(H,30,36)(H,31,33)(H,32,34). The molecule has 0 saturated heterocycles. The summed E-state index contributed by atoms with van der Waals surface area (Å²) in [6, 6.07) is 27.3. The molecule has 3 aromatic carbocycles. The van der Waals surface area contributed by atoms with E-state index < -0.39 is 0 Å². The van der Waals surface area contributed by atoms with E-state index in [0.717, 1.165) is 56.4 Å². The minimum Gasteiger partial charge on any atom is -0.326 e. The monoisotopic (exact) mass is 476 g/mol. The van der Waals surface area contributed by atoms with E-state index in [-0.39, 0.29) is 11.8 Å². The summed E-state index contributed by atoms with van der Waals surface area (Å²) in [5, 5.41) is 20.7. The number of aromatic amines is 2. The molecule has 0 spiro atoms. The van der Waals surface area contributed by atoms with E-state index >= 15 is 0 Å². The lowest BCUT2D eigenvalue weighted by molar-refractivity contribution is -0.115. The summed E-state index contributed by atoms with van der Waals surface area (Å²) in [6.45, 7) is 2.97. The Morgan fingerprint density at radius 1 is 0.583 bits per heavy atom. The van der Waals surface area contributed by atoms with Crippen LogP contribution in [0.5, 0.6) is 0 Å². The van der Waals surface area contributed by atoms with Crippen LogP contribution in [0.4, 0.5) is 11.4 Å². The average molecular weight is 477 g/mol. The van der Waals surface area contributed by atoms with Crippen LogP contribution < -0.4 is 10.6 Å². The largest absolute Gasteiger partial charge is 0.326 e. The third kappa shape index (κ3) is 5.07. The van der Waals surface area contributed by atoms with Gasteiger partial charge in [0.15, 0.2) is 0 Å². The Morgan fingerprint density at radius 3 is 1.39 bits per heavy atom. The molecule has 0 fully saturated rings. The second-order valence-corrected chi connectivity index (χ2v) is 8.43. The number of nitrogens with zero attached hydrogens (tertiary/aromatic N) is 2. The molecule has 8 heteroatoms. The van der Waals surface area contributed by atoms with Crippen LogP contribution in [0.15, 0.2) is 84.9 Å². The quantitative estimate of drug-likeness (QED) is 0.251. The fourth-order valence-electron chi connectivity index (χ4n) is 3.95. The zero-order valence-corrected chi connectivity index (χ0v) is 19.8. The minimum absolute atomic E-state index is 0.102. The zero-order valence-electron chi connectivity index (χ0n) is 19.8. The Morgan fingerprint density at radius 2 is 1.00 bits per heavy atom. The number of aromatic nitrogens is 4. The number of H-pyrrole nitrogens is 2. The zero-order chi connectivity index (χ0) is 25.1. The Hall–Kier alpha value is -4.98. The van der Waals surface area contributed by atoms with E-state index in [2.05, 4.69) is 37.1 Å². The first-order chi connectivity index (χ1) is 17.4. The molecule has 8 nitrogen and oxygen atoms in total. The van der Waals surface area contributed by atoms with Gasteiger partial charge < -0.3 is 10.6 Å². The number of hydrogen-bond donors (Lipinski definition) is 4. The lowest BCUT2D eigenvalue weighted by atomic mass is 10.0. The fraction of sp³-hybridized carbons (Fsp3) is 0.0714. The van der Waals surface area contributed by atoms with Gasteiger partial charge in [0.25, 0.3) is 0 Å². The van der Waals surface area contributed by atoms with Gasteiger partial charge in [-0.15, -0.1) is 0 Å². The molecule has 0 radical (unpaired) electrons. The number of carbonyl (C=O) groups is 2. The van der Waals surface area contributed by atoms with E-state index in [9.17, 15) is 9.59 Å². The molecule has 0 atom stereocenters. The van der Waals surface area contributed by atoms with Crippen molar-refractivity contribution in [3.63, 3.8) is 0 Å². The number of nitrogens with one attached hydrogen (secondary N) is 4. The van der Waals surface area contributed by atoms with Gasteiger partial charge in [-0.3, -0.25) is 19.8 Å². The van der Waals surface area contributed by atoms with Crippen molar-refractivity contribution in [3.05, 3.63) is 84.9 Å². The second kappa shape index (κ2) is 9.71. The van der Waals surface area contributed by atoms with E-state index in [1.165, 1.54) is 13.8 Å². The van der Waals surface area contributed by atoms with Crippen LogP contribution in [0.3, 0.4) is 0 Å². The Balaban J connectivity index is 1.35. The molecule has 5 aromatic rings. The highest BCUT2D eigenvalue weighted by Gasteiger charge is 2.10. The van der Waals surface area contributed by atoms with Gasteiger partial charge in [-0.2, -0.15) is 10.2 Å². The molecule has 36 heavy (non-hydrogen) atoms. The second-order valence-electron chi connectivity index (χ2n) is 8.43. The first-order valence-corrected chi connectivity index (χ1v) is 11.4. The van der Waals surface area contributed by atoms with Crippen LogP contribution in [-0.2, 0) is 9.59 Å². The summed E-state index contributed by atoms with van der Waals surface area (Å²) in [6.07, 6.45) is 0. The SMILES string of the molecule is CC(=O)Nc1ccc(-c2cc(-c3cccc(-c4cc(-c5ccc(NC(C)=O)cc5)[nH]n4)c3)n[nH]2)cc1. The first kappa shape index (κ1) is 22.8. The Labute approximate surface area is 207 Å². The van der Waals surface area contributed by atoms with Gasteiger partial charge >= 0.3 is 0 Å². The number of benzene rings is 3. The van der Waals surface area contributed by atoms with Crippen molar-refractivity contribution in [2.75, 3.05) is 10.6 Å². The predicted molar refractivity (Wildman–Crippen MR) is 141 cm³/mol. The van der Waals surface area contributed by atoms with Gasteiger partial charge in [0.05, 0.1) is 22.8 Å². The van der Waals surface area contributed by atoms with Crippen LogP contribution in [0.2, 0.25) is 0 Å². The van der Waals surface area contributed by atoms with Crippen molar-refractivity contribution < 1.29 is 9.59 Å². The van der Waals surface area contributed by atoms with Crippen molar-refractivity contribution in [1.82, 2.24) is 20.4 Å². The molecule has 0 bridgehead atoms. The van der Waals surface area contributed by atoms with E-state index in [1.54, 1.807) is 0 Å². The average Bonchev–Trinajstić information content (AvgIpc) is 3.55. The van der Waals surface area contributed by atoms with Gasteiger partial charge in [-0.25, -0.2) is 0 Å². The molecule has 0 saturated carbocycles. The van der Waals surface area contributed by atoms with Crippen molar-refractivity contribution in [3.8, 4) is 45.0 Å². The third-order valence-electron chi connectivity index (χ3n) is 5.64. The van der Waals surface area contributed by atoms with Crippen LogP contribution in [0.1, 0.15) is 13.8 Å². The molecule has 2 amide bonds. The molecule has 0 aliphatic rings. The summed E-state index contributed by atoms with van der Waals surface area (Å²) in [5.41, 5.74) is 8.79. The maximum Gasteiger partial charge on any atom is 0.221 e. The van der Waals surface area contributed by atoms with E-state index in [4.69, 9.17) is 0 Å². The number of rotatable bonds is 6. The van der Waals surface area contributed by atoms with Crippen LogP contribution in [0.25, 0.3) is 45.0 Å². The molecule has 178 valence electrons. The lowest BCUT2D eigenvalue weighted by Crippen LogP contribution is -2.05. The van der Waals surface area contributed by atoms with Gasteiger partial charge in [0.1, 0.15) is 0 Å². The summed E-state index contributed by atoms with van der Waals surface area (Å²) in [5.74, 6) is -0.203. The smallest absolute Gasteiger partial charge is 0.221 e. The summed E-state index contributed by atoms with van der Waals surface area (Å²) < 4.78 is 0. The minimum atomic E-state index is -0.102. The van der Waals surface area contributed by atoms with Crippen molar-refractivity contribution in [1.29, 1.82) is 0 Å². The van der Waals surface area contributed by atoms with Crippen molar-refractivity contribution in [2.45, 2.75) is 13.8 Å². The summed E-state index contributed by atoms with van der Waals surface area (Å²) in [4.78, 5) is 22.5. The third-order valence-corrected chi connectivity index (χ3v) is 5.64. The fourth-order valence-corrected chi connectivity index (χ4v) is 3.95. The normalized spacial score (nSPS) is 10.7. The molecular formula is C28H24N6O2. The predicted octanol–water partition coefficient (Wildman–Crippen LogP) is 5.72. The van der Waals surface area contributed by atoms with Gasteiger partial charge in [-0.05, 0) is 53.6 Å². The molecule has 0 aliphatic heterocycles. The summed E-state index contributed by atoms with van der Waals surface area (Å²) in [7, 11) is 0. The Kier molecular flexibility index (Phi) is 6.15. The van der Waals surface area contributed by atoms with Gasteiger partial charge in [-0.1, -0.05) is 42.5 Å². The molecule has 2 aromatic heterocycles. The van der Waals surface area contributed by atoms with Gasteiger partial charge in [0.2, 0.25) is 11.8 Å². The van der Waals surface area contributed by atoms with Crippen molar-refractivity contribution in [2.24, 2.45) is 0 Å². The Bertz CT molecular complexity index is 1420. The van der Waals surface area contributed by atoms with Crippen LogP contribution in [-0.4, -0.2) is 32.2 Å². The van der Waals surface area contributed by atoms with Gasteiger partial charge in [0, 0.05) is 36.3 Å².